The largest absolute Gasteiger partial charge is 0.467 e. The van der Waals surface area contributed by atoms with E-state index in [0.717, 1.165) is 9.13 Å². The number of halogens is 1. The van der Waals surface area contributed by atoms with E-state index in [9.17, 15) is 9.59 Å². The Morgan fingerprint density at radius 3 is 2.55 bits per heavy atom. The van der Waals surface area contributed by atoms with Gasteiger partial charge < -0.3 is 10.1 Å². The monoisotopic (exact) mass is 410 g/mol. The third-order valence-electron chi connectivity index (χ3n) is 3.12. The number of rotatable bonds is 5. The summed E-state index contributed by atoms with van der Waals surface area (Å²) in [5, 5.41) is 2.72. The molecule has 1 heterocycles. The van der Waals surface area contributed by atoms with Gasteiger partial charge in [0.05, 0.1) is 7.11 Å². The molecule has 0 bridgehead atoms. The Bertz CT molecular complexity index is 661. The molecule has 0 aliphatic carbocycles. The predicted octanol–water partition coefficient (Wildman–Crippen LogP) is 2.20. The Morgan fingerprint density at radius 2 is 1.91 bits per heavy atom. The van der Waals surface area contributed by atoms with Gasteiger partial charge in [0, 0.05) is 27.9 Å². The number of ether oxygens (including phenoxy) is 1. The molecular weight excluding hydrogens is 395 g/mol. The number of nitrogens with zero attached hydrogens (tertiary/aromatic N) is 1. The first-order valence-corrected chi connectivity index (χ1v) is 7.72. The minimum atomic E-state index is -0.735. The second kappa shape index (κ2) is 7.88. The summed E-state index contributed by atoms with van der Waals surface area (Å²) in [4.78, 5) is 28.0. The number of carbonyl (C=O) groups excluding carboxylic acids is 2. The average Bonchev–Trinajstić information content (AvgIpc) is 2.56. The third kappa shape index (κ3) is 4.27. The van der Waals surface area contributed by atoms with Gasteiger partial charge in [-0.3, -0.25) is 9.78 Å². The van der Waals surface area contributed by atoms with Gasteiger partial charge in [-0.2, -0.15) is 0 Å². The molecule has 0 aliphatic rings. The van der Waals surface area contributed by atoms with Crippen LogP contribution in [0.5, 0.6) is 0 Å². The van der Waals surface area contributed by atoms with Crippen LogP contribution >= 0.6 is 22.6 Å². The van der Waals surface area contributed by atoms with E-state index in [0.29, 0.717) is 12.0 Å². The van der Waals surface area contributed by atoms with Crippen LogP contribution in [0, 0.1) is 3.57 Å². The second-order valence-corrected chi connectivity index (χ2v) is 5.74. The van der Waals surface area contributed by atoms with E-state index >= 15 is 0 Å². The lowest BCUT2D eigenvalue weighted by Gasteiger charge is -2.17. The molecule has 5 nitrogen and oxygen atoms in total. The summed E-state index contributed by atoms with van der Waals surface area (Å²) >= 11 is 2.20. The lowest BCUT2D eigenvalue weighted by molar-refractivity contribution is -0.142. The SMILES string of the molecule is COC(=O)[C@@H](Cc1ccccc1I)NC(=O)c1ccncc1. The summed E-state index contributed by atoms with van der Waals surface area (Å²) in [5.74, 6) is -0.800. The second-order valence-electron chi connectivity index (χ2n) is 4.58. The summed E-state index contributed by atoms with van der Waals surface area (Å²) in [5.41, 5.74) is 1.43. The van der Waals surface area contributed by atoms with E-state index in [4.69, 9.17) is 4.74 Å². The summed E-state index contributed by atoms with van der Waals surface area (Å²) in [6.07, 6.45) is 3.44. The van der Waals surface area contributed by atoms with Crippen molar-refractivity contribution in [3.05, 3.63) is 63.5 Å². The molecule has 1 N–H and O–H groups in total. The fraction of sp³-hybridized carbons (Fsp3) is 0.188. The highest BCUT2D eigenvalue weighted by atomic mass is 127. The maximum atomic E-state index is 12.2. The number of nitrogens with one attached hydrogen (secondary N) is 1. The van der Waals surface area contributed by atoms with Crippen molar-refractivity contribution in [3.63, 3.8) is 0 Å². The van der Waals surface area contributed by atoms with Crippen LogP contribution in [0.25, 0.3) is 0 Å². The van der Waals surface area contributed by atoms with Crippen LogP contribution in [0.15, 0.2) is 48.8 Å². The van der Waals surface area contributed by atoms with Crippen LogP contribution in [0.3, 0.4) is 0 Å². The van der Waals surface area contributed by atoms with E-state index in [1.54, 1.807) is 12.1 Å². The van der Waals surface area contributed by atoms with Crippen molar-refractivity contribution in [3.8, 4) is 0 Å². The van der Waals surface area contributed by atoms with Crippen molar-refractivity contribution in [1.29, 1.82) is 0 Å². The summed E-state index contributed by atoms with van der Waals surface area (Å²) in [7, 11) is 1.31. The van der Waals surface area contributed by atoms with Crippen LogP contribution in [0.2, 0.25) is 0 Å². The van der Waals surface area contributed by atoms with Crippen LogP contribution in [0.4, 0.5) is 0 Å². The molecule has 1 aromatic carbocycles. The number of carbonyl (C=O) groups is 2. The zero-order valence-corrected chi connectivity index (χ0v) is 14.1. The lowest BCUT2D eigenvalue weighted by atomic mass is 10.1. The number of benzene rings is 1. The highest BCUT2D eigenvalue weighted by Crippen LogP contribution is 2.14. The van der Waals surface area contributed by atoms with Crippen LogP contribution in [-0.4, -0.2) is 30.0 Å². The minimum absolute atomic E-state index is 0.330. The molecule has 1 aromatic heterocycles. The molecule has 1 atom stereocenters. The predicted molar refractivity (Wildman–Crippen MR) is 90.4 cm³/mol. The number of esters is 1. The quantitative estimate of drug-likeness (QED) is 0.607. The maximum Gasteiger partial charge on any atom is 0.328 e. The van der Waals surface area contributed by atoms with E-state index in [1.165, 1.54) is 19.5 Å². The lowest BCUT2D eigenvalue weighted by Crippen LogP contribution is -2.43. The van der Waals surface area contributed by atoms with Crippen LogP contribution in [-0.2, 0) is 16.0 Å². The Hall–Kier alpha value is -1.96. The number of pyridine rings is 1. The molecule has 0 saturated carbocycles. The van der Waals surface area contributed by atoms with Crippen molar-refractivity contribution in [2.24, 2.45) is 0 Å². The number of methoxy groups -OCH3 is 1. The fourth-order valence-electron chi connectivity index (χ4n) is 1.96. The van der Waals surface area contributed by atoms with Gasteiger partial charge in [-0.25, -0.2) is 4.79 Å². The van der Waals surface area contributed by atoms with Crippen LogP contribution in [0.1, 0.15) is 15.9 Å². The smallest absolute Gasteiger partial charge is 0.328 e. The van der Waals surface area contributed by atoms with Gasteiger partial charge in [0.1, 0.15) is 6.04 Å². The first-order valence-electron chi connectivity index (χ1n) is 6.64. The van der Waals surface area contributed by atoms with E-state index in [1.807, 2.05) is 24.3 Å². The number of aromatic nitrogens is 1. The zero-order chi connectivity index (χ0) is 15.9. The first kappa shape index (κ1) is 16.4. The highest BCUT2D eigenvalue weighted by Gasteiger charge is 2.23. The number of hydrogen-bond donors (Lipinski definition) is 1. The number of hydrogen-bond acceptors (Lipinski definition) is 4. The summed E-state index contributed by atoms with van der Waals surface area (Å²) < 4.78 is 5.83. The van der Waals surface area contributed by atoms with Crippen molar-refractivity contribution >= 4 is 34.5 Å². The van der Waals surface area contributed by atoms with Gasteiger partial charge in [-0.1, -0.05) is 18.2 Å². The Morgan fingerprint density at radius 1 is 1.23 bits per heavy atom. The Balaban J connectivity index is 2.15. The molecule has 0 radical (unpaired) electrons. The topological polar surface area (TPSA) is 68.3 Å². The van der Waals surface area contributed by atoms with Crippen molar-refractivity contribution in [2.75, 3.05) is 7.11 Å². The molecular formula is C16H15IN2O3. The average molecular weight is 410 g/mol. The molecule has 0 spiro atoms. The van der Waals surface area contributed by atoms with Crippen molar-refractivity contribution < 1.29 is 14.3 Å². The molecule has 0 aliphatic heterocycles. The molecule has 0 saturated heterocycles. The van der Waals surface area contributed by atoms with Crippen molar-refractivity contribution in [1.82, 2.24) is 10.3 Å². The molecule has 2 rings (SSSR count). The molecule has 22 heavy (non-hydrogen) atoms. The van der Waals surface area contributed by atoms with Gasteiger partial charge in [-0.05, 0) is 46.4 Å². The van der Waals surface area contributed by atoms with Crippen LogP contribution < -0.4 is 5.32 Å². The Kier molecular flexibility index (Phi) is 5.88. The number of amides is 1. The van der Waals surface area contributed by atoms with E-state index < -0.39 is 12.0 Å². The van der Waals surface area contributed by atoms with Gasteiger partial charge in [0.2, 0.25) is 0 Å². The minimum Gasteiger partial charge on any atom is -0.467 e. The molecule has 0 unspecified atom stereocenters. The third-order valence-corrected chi connectivity index (χ3v) is 4.17. The standard InChI is InChI=1S/C16H15IN2O3/c1-22-16(21)14(10-12-4-2-3-5-13(12)17)19-15(20)11-6-8-18-9-7-11/h2-9,14H,10H2,1H3,(H,19,20)/t14-/m1/s1. The normalized spacial score (nSPS) is 11.5. The highest BCUT2D eigenvalue weighted by molar-refractivity contribution is 14.1. The van der Waals surface area contributed by atoms with E-state index in [2.05, 4.69) is 32.9 Å². The Labute approximate surface area is 142 Å². The van der Waals surface area contributed by atoms with Gasteiger partial charge in [0.25, 0.3) is 5.91 Å². The molecule has 6 heteroatoms. The summed E-state index contributed by atoms with van der Waals surface area (Å²) in [6.45, 7) is 0. The van der Waals surface area contributed by atoms with Crippen molar-refractivity contribution in [2.45, 2.75) is 12.5 Å². The molecule has 114 valence electrons. The maximum absolute atomic E-state index is 12.2. The van der Waals surface area contributed by atoms with E-state index in [-0.39, 0.29) is 5.91 Å². The summed E-state index contributed by atoms with van der Waals surface area (Å²) in [6, 6.07) is 10.2. The molecule has 2 aromatic rings. The first-order chi connectivity index (χ1) is 10.6. The zero-order valence-electron chi connectivity index (χ0n) is 12.0. The fourth-order valence-corrected chi connectivity index (χ4v) is 2.57. The van der Waals surface area contributed by atoms with Gasteiger partial charge in [-0.15, -0.1) is 0 Å². The molecule has 0 fully saturated rings. The van der Waals surface area contributed by atoms with Gasteiger partial charge in [0.15, 0.2) is 0 Å². The van der Waals surface area contributed by atoms with Gasteiger partial charge >= 0.3 is 5.97 Å². The molecule has 1 amide bonds.